The molecule has 0 fully saturated rings. The van der Waals surface area contributed by atoms with E-state index in [1.165, 1.54) is 7.11 Å². The first-order chi connectivity index (χ1) is 6.74. The van der Waals surface area contributed by atoms with Crippen molar-refractivity contribution in [3.05, 3.63) is 24.0 Å². The van der Waals surface area contributed by atoms with Crippen LogP contribution in [0.3, 0.4) is 0 Å². The molecular weight excluding hydrogens is 190 g/mol. The Morgan fingerprint density at radius 2 is 2.36 bits per heavy atom. The summed E-state index contributed by atoms with van der Waals surface area (Å²) in [6.07, 6.45) is 0.823. The van der Waals surface area contributed by atoms with Crippen molar-refractivity contribution in [1.82, 2.24) is 10.3 Å². The molecule has 0 bridgehead atoms. The van der Waals surface area contributed by atoms with Crippen LogP contribution in [0.1, 0.15) is 5.56 Å². The third-order valence-corrected chi connectivity index (χ3v) is 1.70. The number of halogens is 2. The SMILES string of the molecule is COc1cnccc1CNCC(F)F. The Morgan fingerprint density at radius 1 is 1.57 bits per heavy atom. The number of hydrogen-bond donors (Lipinski definition) is 1. The van der Waals surface area contributed by atoms with Gasteiger partial charge in [0, 0.05) is 18.3 Å². The van der Waals surface area contributed by atoms with Gasteiger partial charge in [-0.05, 0) is 6.07 Å². The summed E-state index contributed by atoms with van der Waals surface area (Å²) in [5.74, 6) is 0.606. The number of hydrogen-bond acceptors (Lipinski definition) is 3. The molecule has 0 radical (unpaired) electrons. The Morgan fingerprint density at radius 3 is 3.00 bits per heavy atom. The second kappa shape index (κ2) is 5.49. The zero-order valence-corrected chi connectivity index (χ0v) is 7.84. The number of nitrogens with zero attached hydrogens (tertiary/aromatic N) is 1. The summed E-state index contributed by atoms with van der Waals surface area (Å²) >= 11 is 0. The molecule has 0 saturated heterocycles. The molecule has 0 aliphatic carbocycles. The molecule has 0 saturated carbocycles. The number of rotatable bonds is 5. The molecule has 1 aromatic heterocycles. The van der Waals surface area contributed by atoms with Crippen LogP contribution in [-0.2, 0) is 6.54 Å². The van der Waals surface area contributed by atoms with Crippen molar-refractivity contribution >= 4 is 0 Å². The molecule has 1 aromatic rings. The molecule has 14 heavy (non-hydrogen) atoms. The van der Waals surface area contributed by atoms with Crippen molar-refractivity contribution in [3.8, 4) is 5.75 Å². The van der Waals surface area contributed by atoms with Crippen LogP contribution in [0.4, 0.5) is 8.78 Å². The van der Waals surface area contributed by atoms with Gasteiger partial charge in [0.1, 0.15) is 5.75 Å². The number of nitrogens with one attached hydrogen (secondary N) is 1. The fourth-order valence-corrected chi connectivity index (χ4v) is 1.05. The molecule has 0 atom stereocenters. The topological polar surface area (TPSA) is 34.1 Å². The summed E-state index contributed by atoms with van der Waals surface area (Å²) < 4.78 is 28.6. The van der Waals surface area contributed by atoms with E-state index in [0.717, 1.165) is 5.56 Å². The van der Waals surface area contributed by atoms with Gasteiger partial charge >= 0.3 is 0 Å². The second-order valence-corrected chi connectivity index (χ2v) is 2.71. The Hall–Kier alpha value is -1.23. The van der Waals surface area contributed by atoms with Gasteiger partial charge in [0.15, 0.2) is 0 Å². The normalized spacial score (nSPS) is 10.6. The predicted molar refractivity (Wildman–Crippen MR) is 48.5 cm³/mol. The van der Waals surface area contributed by atoms with Gasteiger partial charge < -0.3 is 10.1 Å². The molecule has 0 unspecified atom stereocenters. The molecule has 1 N–H and O–H groups in total. The molecule has 0 spiro atoms. The largest absolute Gasteiger partial charge is 0.495 e. The monoisotopic (exact) mass is 202 g/mol. The van der Waals surface area contributed by atoms with Crippen molar-refractivity contribution in [2.45, 2.75) is 13.0 Å². The standard InChI is InChI=1S/C9H12F2N2O/c1-14-8-5-12-3-2-7(8)4-13-6-9(10)11/h2-3,5,9,13H,4,6H2,1H3. The van der Waals surface area contributed by atoms with Crippen LogP contribution in [0.5, 0.6) is 5.75 Å². The summed E-state index contributed by atoms with van der Waals surface area (Å²) in [4.78, 5) is 3.86. The molecule has 0 amide bonds. The maximum absolute atomic E-state index is 11.8. The fraction of sp³-hybridized carbons (Fsp3) is 0.444. The van der Waals surface area contributed by atoms with Crippen LogP contribution < -0.4 is 10.1 Å². The quantitative estimate of drug-likeness (QED) is 0.784. The van der Waals surface area contributed by atoms with Gasteiger partial charge in [0.05, 0.1) is 19.9 Å². The lowest BCUT2D eigenvalue weighted by Gasteiger charge is -2.08. The highest BCUT2D eigenvalue weighted by molar-refractivity contribution is 5.29. The lowest BCUT2D eigenvalue weighted by atomic mass is 10.2. The van der Waals surface area contributed by atoms with Crippen LogP contribution in [0.25, 0.3) is 0 Å². The summed E-state index contributed by atoms with van der Waals surface area (Å²) in [6, 6.07) is 1.73. The Labute approximate surface area is 81.1 Å². The van der Waals surface area contributed by atoms with E-state index in [-0.39, 0.29) is 6.54 Å². The summed E-state index contributed by atoms with van der Waals surface area (Å²) in [5.41, 5.74) is 0.822. The zero-order chi connectivity index (χ0) is 10.4. The molecule has 78 valence electrons. The molecule has 0 aliphatic rings. The number of methoxy groups -OCH3 is 1. The molecule has 0 aromatic carbocycles. The third kappa shape index (κ3) is 3.26. The minimum atomic E-state index is -2.33. The zero-order valence-electron chi connectivity index (χ0n) is 7.84. The summed E-state index contributed by atoms with van der Waals surface area (Å²) in [6.45, 7) is 0.0432. The van der Waals surface area contributed by atoms with Gasteiger partial charge in [0.25, 0.3) is 6.43 Å². The maximum atomic E-state index is 11.8. The smallest absolute Gasteiger partial charge is 0.250 e. The van der Waals surface area contributed by atoms with Gasteiger partial charge in [-0.1, -0.05) is 0 Å². The van der Waals surface area contributed by atoms with E-state index in [9.17, 15) is 8.78 Å². The van der Waals surface area contributed by atoms with Crippen molar-refractivity contribution in [3.63, 3.8) is 0 Å². The molecular formula is C9H12F2N2O. The van der Waals surface area contributed by atoms with Gasteiger partial charge in [-0.2, -0.15) is 0 Å². The first-order valence-electron chi connectivity index (χ1n) is 4.19. The van der Waals surface area contributed by atoms with E-state index in [0.29, 0.717) is 12.3 Å². The first-order valence-corrected chi connectivity index (χ1v) is 4.19. The van der Waals surface area contributed by atoms with Gasteiger partial charge in [-0.25, -0.2) is 8.78 Å². The second-order valence-electron chi connectivity index (χ2n) is 2.71. The molecule has 1 heterocycles. The lowest BCUT2D eigenvalue weighted by Crippen LogP contribution is -2.20. The average molecular weight is 202 g/mol. The minimum absolute atomic E-state index is 0.314. The van der Waals surface area contributed by atoms with Crippen molar-refractivity contribution < 1.29 is 13.5 Å². The summed E-state index contributed by atoms with van der Waals surface area (Å²) in [5, 5.41) is 2.62. The number of pyridine rings is 1. The van der Waals surface area contributed by atoms with E-state index in [1.807, 2.05) is 0 Å². The van der Waals surface area contributed by atoms with E-state index >= 15 is 0 Å². The van der Waals surface area contributed by atoms with Crippen molar-refractivity contribution in [1.29, 1.82) is 0 Å². The van der Waals surface area contributed by atoms with Crippen LogP contribution in [0.2, 0.25) is 0 Å². The van der Waals surface area contributed by atoms with E-state index < -0.39 is 6.43 Å². The lowest BCUT2D eigenvalue weighted by molar-refractivity contribution is 0.145. The minimum Gasteiger partial charge on any atom is -0.495 e. The Balaban J connectivity index is 2.49. The maximum Gasteiger partial charge on any atom is 0.250 e. The van der Waals surface area contributed by atoms with E-state index in [4.69, 9.17) is 4.74 Å². The highest BCUT2D eigenvalue weighted by Crippen LogP contribution is 2.14. The van der Waals surface area contributed by atoms with E-state index in [1.54, 1.807) is 18.5 Å². The van der Waals surface area contributed by atoms with Gasteiger partial charge in [0.2, 0.25) is 0 Å². The highest BCUT2D eigenvalue weighted by Gasteiger charge is 2.04. The van der Waals surface area contributed by atoms with Crippen LogP contribution in [0, 0.1) is 0 Å². The van der Waals surface area contributed by atoms with Crippen molar-refractivity contribution in [2.75, 3.05) is 13.7 Å². The van der Waals surface area contributed by atoms with Crippen LogP contribution >= 0.6 is 0 Å². The third-order valence-electron chi connectivity index (χ3n) is 1.70. The van der Waals surface area contributed by atoms with Gasteiger partial charge in [-0.3, -0.25) is 4.98 Å². The molecule has 3 nitrogen and oxygen atoms in total. The van der Waals surface area contributed by atoms with Crippen molar-refractivity contribution in [2.24, 2.45) is 0 Å². The fourth-order valence-electron chi connectivity index (χ4n) is 1.05. The molecule has 0 aliphatic heterocycles. The predicted octanol–water partition coefficient (Wildman–Crippen LogP) is 1.44. The molecule has 5 heteroatoms. The Kier molecular flexibility index (Phi) is 4.25. The van der Waals surface area contributed by atoms with Gasteiger partial charge in [-0.15, -0.1) is 0 Å². The highest BCUT2D eigenvalue weighted by atomic mass is 19.3. The first kappa shape index (κ1) is 10.8. The number of alkyl halides is 2. The number of aromatic nitrogens is 1. The van der Waals surface area contributed by atoms with E-state index in [2.05, 4.69) is 10.3 Å². The average Bonchev–Trinajstić information content (AvgIpc) is 2.18. The van der Waals surface area contributed by atoms with Crippen LogP contribution in [-0.4, -0.2) is 25.1 Å². The van der Waals surface area contributed by atoms with Crippen LogP contribution in [0.15, 0.2) is 18.5 Å². The number of ether oxygens (including phenoxy) is 1. The Bertz CT molecular complexity index is 281. The molecule has 1 rings (SSSR count). The summed E-state index contributed by atoms with van der Waals surface area (Å²) in [7, 11) is 1.52.